The number of aromatic nitrogens is 4. The van der Waals surface area contributed by atoms with E-state index in [0.717, 1.165) is 5.39 Å². The Hall–Kier alpha value is -4.74. The van der Waals surface area contributed by atoms with Crippen LogP contribution in [0.25, 0.3) is 21.8 Å². The SMILES string of the molecule is CC(C)(C)OC(=O)C1CCC(CC#N)(n2nc(Nc3ccc4nc(C#N)ccc4c3)c3c(=O)[nH]ccc32)CO1. The van der Waals surface area contributed by atoms with Crippen molar-refractivity contribution in [1.82, 2.24) is 19.7 Å². The molecule has 2 N–H and O–H groups in total. The van der Waals surface area contributed by atoms with Gasteiger partial charge >= 0.3 is 5.97 Å². The van der Waals surface area contributed by atoms with Crippen molar-refractivity contribution in [3.8, 4) is 12.1 Å². The van der Waals surface area contributed by atoms with Gasteiger partial charge in [0.1, 0.15) is 22.8 Å². The molecule has 4 heterocycles. The molecule has 198 valence electrons. The molecule has 0 saturated carbocycles. The number of hydrogen-bond donors (Lipinski definition) is 2. The number of anilines is 2. The van der Waals surface area contributed by atoms with Gasteiger partial charge in [-0.1, -0.05) is 0 Å². The summed E-state index contributed by atoms with van der Waals surface area (Å²) in [5.41, 5.74) is 0.335. The van der Waals surface area contributed by atoms with Gasteiger partial charge in [0.25, 0.3) is 5.56 Å². The summed E-state index contributed by atoms with van der Waals surface area (Å²) in [7, 11) is 0. The summed E-state index contributed by atoms with van der Waals surface area (Å²) in [6.45, 7) is 5.44. The van der Waals surface area contributed by atoms with Crippen LogP contribution in [0.2, 0.25) is 0 Å². The molecular weight excluding hydrogens is 498 g/mol. The number of ether oxygens (including phenoxy) is 2. The minimum Gasteiger partial charge on any atom is -0.458 e. The number of H-pyrrole nitrogens is 1. The highest BCUT2D eigenvalue weighted by molar-refractivity contribution is 5.92. The lowest BCUT2D eigenvalue weighted by Gasteiger charge is -2.39. The maximum atomic E-state index is 13.0. The molecule has 0 radical (unpaired) electrons. The second-order valence-corrected chi connectivity index (χ2v) is 10.6. The molecule has 1 aliphatic rings. The van der Waals surface area contributed by atoms with E-state index in [1.807, 2.05) is 12.1 Å². The number of rotatable bonds is 5. The Bertz CT molecular complexity index is 1710. The van der Waals surface area contributed by atoms with Gasteiger partial charge < -0.3 is 19.8 Å². The van der Waals surface area contributed by atoms with Crippen molar-refractivity contribution in [2.45, 2.75) is 57.3 Å². The molecule has 1 saturated heterocycles. The minimum atomic E-state index is -0.889. The molecule has 0 amide bonds. The minimum absolute atomic E-state index is 0.0519. The van der Waals surface area contributed by atoms with Crippen LogP contribution in [0.15, 0.2) is 47.4 Å². The molecule has 2 atom stereocenters. The first kappa shape index (κ1) is 25.9. The molecular formula is C28H27N7O4. The second-order valence-electron chi connectivity index (χ2n) is 10.6. The number of pyridine rings is 2. The highest BCUT2D eigenvalue weighted by Gasteiger charge is 2.43. The summed E-state index contributed by atoms with van der Waals surface area (Å²) in [4.78, 5) is 32.6. The van der Waals surface area contributed by atoms with E-state index in [9.17, 15) is 14.9 Å². The Kier molecular flexibility index (Phi) is 6.54. The van der Waals surface area contributed by atoms with Crippen molar-refractivity contribution in [1.29, 1.82) is 10.5 Å². The van der Waals surface area contributed by atoms with E-state index in [2.05, 4.69) is 21.4 Å². The highest BCUT2D eigenvalue weighted by atomic mass is 16.6. The standard InChI is InChI=1S/C28H27N7O4/c1-27(2,3)39-26(37)22-8-10-28(11-12-29,16-38-22)35-21-9-13-31-25(36)23(21)24(34-35)33-18-6-7-20-17(14-18)4-5-19(15-30)32-20/h4-7,9,13-14,22H,8,10-11,16H2,1-3H3,(H,31,36)(H,33,34). The van der Waals surface area contributed by atoms with Gasteiger partial charge in [0.15, 0.2) is 11.9 Å². The van der Waals surface area contributed by atoms with Gasteiger partial charge in [-0.25, -0.2) is 9.78 Å². The van der Waals surface area contributed by atoms with Gasteiger partial charge in [-0.2, -0.15) is 15.6 Å². The Morgan fingerprint density at radius 1 is 1.28 bits per heavy atom. The average molecular weight is 526 g/mol. The number of benzene rings is 1. The number of carbonyl (C=O) groups is 1. The maximum absolute atomic E-state index is 13.0. The Morgan fingerprint density at radius 2 is 2.10 bits per heavy atom. The van der Waals surface area contributed by atoms with Crippen LogP contribution in [0.1, 0.15) is 45.7 Å². The third-order valence-electron chi connectivity index (χ3n) is 6.62. The number of aromatic amines is 1. The molecule has 4 aromatic rings. The van der Waals surface area contributed by atoms with Gasteiger partial charge in [-0.05, 0) is 70.0 Å². The number of nitrogens with zero attached hydrogens (tertiary/aromatic N) is 5. The van der Waals surface area contributed by atoms with E-state index in [0.29, 0.717) is 46.5 Å². The highest BCUT2D eigenvalue weighted by Crippen LogP contribution is 2.37. The van der Waals surface area contributed by atoms with Gasteiger partial charge in [0.05, 0.1) is 35.7 Å². The second kappa shape index (κ2) is 9.86. The first-order valence-corrected chi connectivity index (χ1v) is 12.5. The molecule has 1 fully saturated rings. The Morgan fingerprint density at radius 3 is 2.79 bits per heavy atom. The van der Waals surface area contributed by atoms with Gasteiger partial charge in [-0.3, -0.25) is 9.48 Å². The van der Waals surface area contributed by atoms with Gasteiger partial charge in [0.2, 0.25) is 0 Å². The number of fused-ring (bicyclic) bond motifs is 2. The normalized spacial score (nSPS) is 19.4. The average Bonchev–Trinajstić information content (AvgIpc) is 3.28. The zero-order valence-corrected chi connectivity index (χ0v) is 21.8. The first-order chi connectivity index (χ1) is 18.6. The van der Waals surface area contributed by atoms with Crippen LogP contribution < -0.4 is 10.9 Å². The summed E-state index contributed by atoms with van der Waals surface area (Å²) in [5, 5.41) is 28.0. The first-order valence-electron chi connectivity index (χ1n) is 12.5. The van der Waals surface area contributed by atoms with E-state index in [4.69, 9.17) is 19.8 Å². The molecule has 11 heteroatoms. The summed E-state index contributed by atoms with van der Waals surface area (Å²) < 4.78 is 13.1. The largest absolute Gasteiger partial charge is 0.458 e. The molecule has 2 unspecified atom stereocenters. The molecule has 5 rings (SSSR count). The third kappa shape index (κ3) is 5.05. The van der Waals surface area contributed by atoms with Crippen LogP contribution in [0.5, 0.6) is 0 Å². The number of esters is 1. The van der Waals surface area contributed by atoms with Crippen LogP contribution in [-0.4, -0.2) is 44.0 Å². The smallest absolute Gasteiger partial charge is 0.335 e. The maximum Gasteiger partial charge on any atom is 0.335 e. The van der Waals surface area contributed by atoms with Crippen LogP contribution >= 0.6 is 0 Å². The van der Waals surface area contributed by atoms with Crippen LogP contribution in [0.4, 0.5) is 11.5 Å². The summed E-state index contributed by atoms with van der Waals surface area (Å²) in [6, 6.07) is 14.9. The Labute approximate surface area is 224 Å². The lowest BCUT2D eigenvalue weighted by molar-refractivity contribution is -0.176. The fraction of sp³-hybridized carbons (Fsp3) is 0.357. The van der Waals surface area contributed by atoms with Crippen LogP contribution in [0, 0.1) is 22.7 Å². The molecule has 1 aliphatic heterocycles. The fourth-order valence-electron chi connectivity index (χ4n) is 4.82. The van der Waals surface area contributed by atoms with Crippen molar-refractivity contribution >= 4 is 39.3 Å². The van der Waals surface area contributed by atoms with E-state index in [-0.39, 0.29) is 18.6 Å². The lowest BCUT2D eigenvalue weighted by atomic mass is 9.87. The predicted octanol–water partition coefficient (Wildman–Crippen LogP) is 4.02. The van der Waals surface area contributed by atoms with Crippen molar-refractivity contribution in [2.75, 3.05) is 11.9 Å². The van der Waals surface area contributed by atoms with E-state index < -0.39 is 23.2 Å². The van der Waals surface area contributed by atoms with E-state index >= 15 is 0 Å². The lowest BCUT2D eigenvalue weighted by Crippen LogP contribution is -2.47. The number of nitriles is 2. The summed E-state index contributed by atoms with van der Waals surface area (Å²) >= 11 is 0. The molecule has 0 spiro atoms. The molecule has 39 heavy (non-hydrogen) atoms. The van der Waals surface area contributed by atoms with Crippen molar-refractivity contribution in [2.24, 2.45) is 0 Å². The molecule has 11 nitrogen and oxygen atoms in total. The zero-order chi connectivity index (χ0) is 27.8. The third-order valence-corrected chi connectivity index (χ3v) is 6.62. The van der Waals surface area contributed by atoms with E-state index in [1.54, 1.807) is 55.8 Å². The molecule has 0 aliphatic carbocycles. The van der Waals surface area contributed by atoms with Crippen LogP contribution in [0.3, 0.4) is 0 Å². The fourth-order valence-corrected chi connectivity index (χ4v) is 4.82. The number of hydrogen-bond acceptors (Lipinski definition) is 9. The van der Waals surface area contributed by atoms with Crippen molar-refractivity contribution in [3.05, 3.63) is 58.6 Å². The van der Waals surface area contributed by atoms with Gasteiger partial charge in [-0.15, -0.1) is 0 Å². The zero-order valence-electron chi connectivity index (χ0n) is 21.8. The van der Waals surface area contributed by atoms with Crippen molar-refractivity contribution in [3.63, 3.8) is 0 Å². The summed E-state index contributed by atoms with van der Waals surface area (Å²) in [5.74, 6) is -0.121. The predicted molar refractivity (Wildman–Crippen MR) is 143 cm³/mol. The van der Waals surface area contributed by atoms with E-state index in [1.165, 1.54) is 6.20 Å². The number of nitrogens with one attached hydrogen (secondary N) is 2. The Balaban J connectivity index is 1.51. The monoisotopic (exact) mass is 525 g/mol. The van der Waals surface area contributed by atoms with Crippen LogP contribution in [-0.2, 0) is 19.8 Å². The topological polar surface area (TPSA) is 159 Å². The molecule has 3 aromatic heterocycles. The molecule has 1 aromatic carbocycles. The number of carbonyl (C=O) groups excluding carboxylic acids is 1. The summed E-state index contributed by atoms with van der Waals surface area (Å²) in [6.07, 6.45) is 1.63. The van der Waals surface area contributed by atoms with Crippen molar-refractivity contribution < 1.29 is 14.3 Å². The quantitative estimate of drug-likeness (QED) is 0.367. The van der Waals surface area contributed by atoms with Gasteiger partial charge in [0, 0.05) is 17.3 Å². The molecule has 0 bridgehead atoms.